The molecule has 1 aromatic carbocycles. The van der Waals surface area contributed by atoms with Crippen LogP contribution >= 0.6 is 0 Å². The van der Waals surface area contributed by atoms with Crippen LogP contribution in [0.25, 0.3) is 0 Å². The number of hydrogen-bond donors (Lipinski definition) is 4. The minimum atomic E-state index is -4.30. The Morgan fingerprint density at radius 3 is 2.13 bits per heavy atom. The van der Waals surface area contributed by atoms with Crippen LogP contribution in [-0.4, -0.2) is 18.8 Å². The zero-order valence-electron chi connectivity index (χ0n) is 7.71. The Labute approximate surface area is 87.2 Å². The van der Waals surface area contributed by atoms with Gasteiger partial charge in [-0.25, -0.2) is 0 Å². The second-order valence-electron chi connectivity index (χ2n) is 2.97. The van der Waals surface area contributed by atoms with E-state index in [2.05, 4.69) is 0 Å². The Bertz CT molecular complexity index is 466. The first-order chi connectivity index (χ1) is 6.82. The number of hydrogen-bond acceptors (Lipinski definition) is 4. The van der Waals surface area contributed by atoms with Gasteiger partial charge in [0, 0.05) is 5.56 Å². The highest BCUT2D eigenvalue weighted by atomic mass is 32.2. The molecule has 0 spiro atoms. The van der Waals surface area contributed by atoms with Crippen LogP contribution in [0.5, 0.6) is 0 Å². The highest BCUT2D eigenvalue weighted by Crippen LogP contribution is 2.15. The van der Waals surface area contributed by atoms with Crippen molar-refractivity contribution in [2.75, 3.05) is 0 Å². The molecule has 0 bridgehead atoms. The summed E-state index contributed by atoms with van der Waals surface area (Å²) < 4.78 is 30.1. The third kappa shape index (κ3) is 2.75. The zero-order valence-corrected chi connectivity index (χ0v) is 8.53. The number of nitrogen functional groups attached to an aromatic ring is 1. The van der Waals surface area contributed by atoms with E-state index in [4.69, 9.17) is 21.4 Å². The van der Waals surface area contributed by atoms with Crippen molar-refractivity contribution in [1.82, 2.24) is 0 Å². The van der Waals surface area contributed by atoms with Gasteiger partial charge in [0.05, 0.1) is 0 Å². The normalized spacial score (nSPS) is 13.5. The Morgan fingerprint density at radius 2 is 1.80 bits per heavy atom. The fraction of sp³-hybridized carbons (Fsp3) is 0.125. The van der Waals surface area contributed by atoms with E-state index < -0.39 is 15.5 Å². The molecule has 0 fully saturated rings. The van der Waals surface area contributed by atoms with Crippen LogP contribution in [0, 0.1) is 5.41 Å². The van der Waals surface area contributed by atoms with Gasteiger partial charge < -0.3 is 11.5 Å². The lowest BCUT2D eigenvalue weighted by Crippen LogP contribution is -2.21. The molecule has 0 aliphatic rings. The summed E-state index contributed by atoms with van der Waals surface area (Å²) in [7, 11) is -4.30. The van der Waals surface area contributed by atoms with Gasteiger partial charge in [0.15, 0.2) is 5.37 Å². The third-order valence-corrected chi connectivity index (χ3v) is 2.79. The number of nitrogens with one attached hydrogen (secondary N) is 1. The molecule has 7 heteroatoms. The van der Waals surface area contributed by atoms with Crippen LogP contribution in [0.2, 0.25) is 0 Å². The lowest BCUT2D eigenvalue weighted by atomic mass is 10.1. The lowest BCUT2D eigenvalue weighted by Gasteiger charge is -2.08. The number of benzene rings is 1. The molecule has 6 N–H and O–H groups in total. The van der Waals surface area contributed by atoms with Crippen molar-refractivity contribution in [1.29, 1.82) is 5.41 Å². The van der Waals surface area contributed by atoms with Gasteiger partial charge in [0.1, 0.15) is 5.84 Å². The Kier molecular flexibility index (Phi) is 3.08. The van der Waals surface area contributed by atoms with Crippen molar-refractivity contribution >= 4 is 16.0 Å². The van der Waals surface area contributed by atoms with Gasteiger partial charge in [-0.2, -0.15) is 8.42 Å². The molecule has 0 saturated carbocycles. The Hall–Kier alpha value is -1.44. The standard InChI is InChI=1S/C8H11N3O3S/c9-7(10)5-1-3-6(4-2-5)8(11)15(12,13)14/h1-4,8H,11H2,(H3,9,10)(H,12,13,14). The first kappa shape index (κ1) is 11.6. The predicted octanol–water partition coefficient (Wildman–Crippen LogP) is -0.184. The van der Waals surface area contributed by atoms with Crippen molar-refractivity contribution in [2.24, 2.45) is 11.5 Å². The molecule has 1 atom stereocenters. The van der Waals surface area contributed by atoms with E-state index in [1.807, 2.05) is 0 Å². The smallest absolute Gasteiger partial charge is 0.285 e. The molecule has 0 amide bonds. The topological polar surface area (TPSA) is 130 Å². The molecule has 82 valence electrons. The van der Waals surface area contributed by atoms with E-state index in [1.165, 1.54) is 24.3 Å². The van der Waals surface area contributed by atoms with Gasteiger partial charge in [-0.05, 0) is 5.56 Å². The summed E-state index contributed by atoms with van der Waals surface area (Å²) >= 11 is 0. The van der Waals surface area contributed by atoms with Gasteiger partial charge in [-0.3, -0.25) is 9.96 Å². The second kappa shape index (κ2) is 3.97. The molecule has 1 rings (SSSR count). The van der Waals surface area contributed by atoms with Crippen LogP contribution < -0.4 is 11.5 Å². The van der Waals surface area contributed by atoms with Gasteiger partial charge in [0.2, 0.25) is 0 Å². The van der Waals surface area contributed by atoms with Crippen LogP contribution in [0.3, 0.4) is 0 Å². The monoisotopic (exact) mass is 229 g/mol. The molecule has 0 heterocycles. The first-order valence-corrected chi connectivity index (χ1v) is 5.49. The van der Waals surface area contributed by atoms with E-state index >= 15 is 0 Å². The van der Waals surface area contributed by atoms with Gasteiger partial charge >= 0.3 is 0 Å². The molecule has 0 aliphatic heterocycles. The lowest BCUT2D eigenvalue weighted by molar-refractivity contribution is 0.470. The minimum Gasteiger partial charge on any atom is -0.384 e. The van der Waals surface area contributed by atoms with Crippen molar-refractivity contribution < 1.29 is 13.0 Å². The maximum Gasteiger partial charge on any atom is 0.285 e. The molecule has 0 aromatic heterocycles. The van der Waals surface area contributed by atoms with Crippen LogP contribution in [0.1, 0.15) is 16.5 Å². The summed E-state index contributed by atoms with van der Waals surface area (Å²) in [5.41, 5.74) is 11.2. The van der Waals surface area contributed by atoms with E-state index in [-0.39, 0.29) is 11.4 Å². The second-order valence-corrected chi connectivity index (χ2v) is 4.51. The maximum atomic E-state index is 10.7. The summed E-state index contributed by atoms with van der Waals surface area (Å²) in [5.74, 6) is -0.123. The van der Waals surface area contributed by atoms with E-state index in [9.17, 15) is 8.42 Å². The molecule has 15 heavy (non-hydrogen) atoms. The summed E-state index contributed by atoms with van der Waals surface area (Å²) in [6, 6.07) is 5.72. The first-order valence-electron chi connectivity index (χ1n) is 3.98. The molecule has 1 unspecified atom stereocenters. The fourth-order valence-corrected chi connectivity index (χ4v) is 1.53. The van der Waals surface area contributed by atoms with Crippen molar-refractivity contribution in [3.8, 4) is 0 Å². The van der Waals surface area contributed by atoms with E-state index in [1.54, 1.807) is 0 Å². The largest absolute Gasteiger partial charge is 0.384 e. The Balaban J connectivity index is 3.05. The fourth-order valence-electron chi connectivity index (χ4n) is 1.02. The molecule has 1 aromatic rings. The van der Waals surface area contributed by atoms with Crippen LogP contribution in [0.4, 0.5) is 0 Å². The quantitative estimate of drug-likeness (QED) is 0.324. The van der Waals surface area contributed by atoms with Crippen molar-refractivity contribution in [3.05, 3.63) is 35.4 Å². The van der Waals surface area contributed by atoms with Gasteiger partial charge in [-0.15, -0.1) is 0 Å². The highest BCUT2D eigenvalue weighted by molar-refractivity contribution is 7.86. The number of rotatable bonds is 3. The van der Waals surface area contributed by atoms with E-state index in [0.717, 1.165) is 0 Å². The van der Waals surface area contributed by atoms with Crippen LogP contribution in [-0.2, 0) is 10.1 Å². The maximum absolute atomic E-state index is 10.7. The summed E-state index contributed by atoms with van der Waals surface area (Å²) in [5, 5.41) is 5.64. The summed E-state index contributed by atoms with van der Waals surface area (Å²) in [6.45, 7) is 0. The third-order valence-electron chi connectivity index (χ3n) is 1.87. The molecule has 0 radical (unpaired) electrons. The van der Waals surface area contributed by atoms with Gasteiger partial charge in [-0.1, -0.05) is 24.3 Å². The highest BCUT2D eigenvalue weighted by Gasteiger charge is 2.19. The summed E-state index contributed by atoms with van der Waals surface area (Å²) in [6.07, 6.45) is 0. The number of nitrogens with two attached hydrogens (primary N) is 2. The minimum absolute atomic E-state index is 0.123. The van der Waals surface area contributed by atoms with Crippen molar-refractivity contribution in [2.45, 2.75) is 5.37 Å². The van der Waals surface area contributed by atoms with Gasteiger partial charge in [0.25, 0.3) is 10.1 Å². The Morgan fingerprint density at radius 1 is 1.33 bits per heavy atom. The van der Waals surface area contributed by atoms with Crippen LogP contribution in [0.15, 0.2) is 24.3 Å². The average Bonchev–Trinajstić information content (AvgIpc) is 2.15. The molecular formula is C8H11N3O3S. The zero-order chi connectivity index (χ0) is 11.6. The van der Waals surface area contributed by atoms with E-state index in [0.29, 0.717) is 5.56 Å². The summed E-state index contributed by atoms with van der Waals surface area (Å²) in [4.78, 5) is 0. The molecule has 6 nitrogen and oxygen atoms in total. The molecular weight excluding hydrogens is 218 g/mol. The average molecular weight is 229 g/mol. The SMILES string of the molecule is N=C(N)c1ccc(C(N)S(=O)(=O)O)cc1. The number of amidine groups is 1. The molecule has 0 aliphatic carbocycles. The predicted molar refractivity (Wildman–Crippen MR) is 55.9 cm³/mol. The molecule has 0 saturated heterocycles. The van der Waals surface area contributed by atoms with Crippen molar-refractivity contribution in [3.63, 3.8) is 0 Å².